The van der Waals surface area contributed by atoms with Crippen LogP contribution in [0.15, 0.2) is 29.6 Å². The quantitative estimate of drug-likeness (QED) is 0.791. The molecule has 1 heterocycles. The van der Waals surface area contributed by atoms with Crippen molar-refractivity contribution in [2.45, 2.75) is 19.9 Å². The summed E-state index contributed by atoms with van der Waals surface area (Å²) in [5.41, 5.74) is 2.23. The number of urea groups is 1. The highest BCUT2D eigenvalue weighted by Crippen LogP contribution is 2.11. The molecular weight excluding hydrogens is 290 g/mol. The SMILES string of the molecule is Cc1csc(CNC(=O)Nc2ccc(CC(=O)O)cc2)n1. The molecule has 2 rings (SSSR count). The van der Waals surface area contributed by atoms with E-state index in [2.05, 4.69) is 15.6 Å². The number of carboxylic acids is 1. The topological polar surface area (TPSA) is 91.3 Å². The summed E-state index contributed by atoms with van der Waals surface area (Å²) in [5, 5.41) is 16.8. The molecule has 7 heteroatoms. The molecule has 110 valence electrons. The minimum Gasteiger partial charge on any atom is -0.481 e. The highest BCUT2D eigenvalue weighted by molar-refractivity contribution is 7.09. The van der Waals surface area contributed by atoms with Crippen molar-refractivity contribution in [3.63, 3.8) is 0 Å². The van der Waals surface area contributed by atoms with Crippen molar-refractivity contribution in [2.75, 3.05) is 5.32 Å². The maximum atomic E-state index is 11.7. The number of hydrogen-bond acceptors (Lipinski definition) is 4. The van der Waals surface area contributed by atoms with E-state index in [9.17, 15) is 9.59 Å². The highest BCUT2D eigenvalue weighted by Gasteiger charge is 2.05. The molecule has 2 aromatic rings. The minimum atomic E-state index is -0.882. The normalized spacial score (nSPS) is 10.1. The van der Waals surface area contributed by atoms with Gasteiger partial charge in [-0.25, -0.2) is 9.78 Å². The van der Waals surface area contributed by atoms with Gasteiger partial charge in [0.2, 0.25) is 0 Å². The van der Waals surface area contributed by atoms with Crippen LogP contribution in [-0.4, -0.2) is 22.1 Å². The number of hydrogen-bond donors (Lipinski definition) is 3. The van der Waals surface area contributed by atoms with Gasteiger partial charge in [0.25, 0.3) is 0 Å². The molecule has 2 amide bonds. The Balaban J connectivity index is 1.83. The number of amides is 2. The monoisotopic (exact) mass is 305 g/mol. The maximum Gasteiger partial charge on any atom is 0.319 e. The zero-order valence-electron chi connectivity index (χ0n) is 11.4. The molecule has 1 aromatic carbocycles. The van der Waals surface area contributed by atoms with Crippen LogP contribution < -0.4 is 10.6 Å². The lowest BCUT2D eigenvalue weighted by Crippen LogP contribution is -2.28. The van der Waals surface area contributed by atoms with Crippen molar-refractivity contribution in [1.82, 2.24) is 10.3 Å². The van der Waals surface area contributed by atoms with Gasteiger partial charge in [-0.15, -0.1) is 11.3 Å². The summed E-state index contributed by atoms with van der Waals surface area (Å²) in [7, 11) is 0. The molecule has 0 aliphatic rings. The fourth-order valence-electron chi connectivity index (χ4n) is 1.70. The number of carboxylic acid groups (broad SMARTS) is 1. The zero-order chi connectivity index (χ0) is 15.2. The van der Waals surface area contributed by atoms with Crippen LogP contribution in [-0.2, 0) is 17.8 Å². The number of carbonyl (C=O) groups excluding carboxylic acids is 1. The lowest BCUT2D eigenvalue weighted by molar-refractivity contribution is -0.136. The van der Waals surface area contributed by atoms with E-state index in [0.717, 1.165) is 10.7 Å². The Morgan fingerprint density at radius 2 is 2.00 bits per heavy atom. The number of nitrogens with zero attached hydrogens (tertiary/aromatic N) is 1. The van der Waals surface area contributed by atoms with Gasteiger partial charge in [-0.3, -0.25) is 4.79 Å². The zero-order valence-corrected chi connectivity index (χ0v) is 12.2. The first-order chi connectivity index (χ1) is 10.0. The summed E-state index contributed by atoms with van der Waals surface area (Å²) in [5.74, 6) is -0.882. The Morgan fingerprint density at radius 1 is 1.29 bits per heavy atom. The number of aryl methyl sites for hydroxylation is 1. The number of benzene rings is 1. The minimum absolute atomic E-state index is 0.0319. The Bertz CT molecular complexity index is 637. The van der Waals surface area contributed by atoms with E-state index in [-0.39, 0.29) is 12.5 Å². The molecule has 0 spiro atoms. The smallest absolute Gasteiger partial charge is 0.319 e. The number of aromatic nitrogens is 1. The first-order valence-electron chi connectivity index (χ1n) is 6.29. The summed E-state index contributed by atoms with van der Waals surface area (Å²) in [4.78, 5) is 26.5. The maximum absolute atomic E-state index is 11.7. The van der Waals surface area contributed by atoms with Crippen LogP contribution in [0, 0.1) is 6.92 Å². The fraction of sp³-hybridized carbons (Fsp3) is 0.214. The molecule has 6 nitrogen and oxygen atoms in total. The average molecular weight is 305 g/mol. The summed E-state index contributed by atoms with van der Waals surface area (Å²) < 4.78 is 0. The molecule has 0 fully saturated rings. The van der Waals surface area contributed by atoms with Gasteiger partial charge in [0.15, 0.2) is 0 Å². The van der Waals surface area contributed by atoms with E-state index in [0.29, 0.717) is 17.8 Å². The van der Waals surface area contributed by atoms with Crippen LogP contribution in [0.2, 0.25) is 0 Å². The van der Waals surface area contributed by atoms with Crippen LogP contribution in [0.4, 0.5) is 10.5 Å². The van der Waals surface area contributed by atoms with Gasteiger partial charge in [-0.1, -0.05) is 12.1 Å². The van der Waals surface area contributed by atoms with Gasteiger partial charge in [0.05, 0.1) is 13.0 Å². The molecule has 3 N–H and O–H groups in total. The number of rotatable bonds is 5. The number of thiazole rings is 1. The number of aliphatic carboxylic acids is 1. The molecule has 0 radical (unpaired) electrons. The van der Waals surface area contributed by atoms with Crippen molar-refractivity contribution in [3.05, 3.63) is 45.9 Å². The van der Waals surface area contributed by atoms with Gasteiger partial charge < -0.3 is 15.7 Å². The van der Waals surface area contributed by atoms with E-state index < -0.39 is 5.97 Å². The van der Waals surface area contributed by atoms with Crippen LogP contribution in [0.1, 0.15) is 16.3 Å². The molecule has 0 aliphatic heterocycles. The Labute approximate surface area is 125 Å². The van der Waals surface area contributed by atoms with Crippen molar-refractivity contribution >= 4 is 29.0 Å². The molecule has 0 saturated carbocycles. The predicted molar refractivity (Wildman–Crippen MR) is 80.5 cm³/mol. The van der Waals surface area contributed by atoms with Gasteiger partial charge in [0.1, 0.15) is 5.01 Å². The summed E-state index contributed by atoms with van der Waals surface area (Å²) in [6.07, 6.45) is -0.0319. The highest BCUT2D eigenvalue weighted by atomic mass is 32.1. The Hall–Kier alpha value is -2.41. The lowest BCUT2D eigenvalue weighted by atomic mass is 10.1. The van der Waals surface area contributed by atoms with E-state index in [4.69, 9.17) is 5.11 Å². The molecule has 0 atom stereocenters. The second-order valence-electron chi connectivity index (χ2n) is 4.46. The number of anilines is 1. The second kappa shape index (κ2) is 6.85. The molecular formula is C14H15N3O3S. The van der Waals surface area contributed by atoms with Crippen LogP contribution in [0.3, 0.4) is 0 Å². The van der Waals surface area contributed by atoms with Crippen molar-refractivity contribution in [3.8, 4) is 0 Å². The first kappa shape index (κ1) is 15.0. The molecule has 21 heavy (non-hydrogen) atoms. The van der Waals surface area contributed by atoms with Crippen molar-refractivity contribution in [2.24, 2.45) is 0 Å². The third-order valence-electron chi connectivity index (χ3n) is 2.63. The largest absolute Gasteiger partial charge is 0.481 e. The third-order valence-corrected chi connectivity index (χ3v) is 3.60. The lowest BCUT2D eigenvalue weighted by Gasteiger charge is -2.07. The van der Waals surface area contributed by atoms with Gasteiger partial charge >= 0.3 is 12.0 Å². The fourth-order valence-corrected chi connectivity index (χ4v) is 2.41. The van der Waals surface area contributed by atoms with E-state index in [1.807, 2.05) is 12.3 Å². The van der Waals surface area contributed by atoms with Crippen LogP contribution in [0.25, 0.3) is 0 Å². The standard InChI is InChI=1S/C14H15N3O3S/c1-9-8-21-12(16-9)7-15-14(20)17-11-4-2-10(3-5-11)6-13(18)19/h2-5,8H,6-7H2,1H3,(H,18,19)(H2,15,17,20). The van der Waals surface area contributed by atoms with Gasteiger partial charge in [0, 0.05) is 16.8 Å². The average Bonchev–Trinajstić information content (AvgIpc) is 2.84. The van der Waals surface area contributed by atoms with Crippen LogP contribution >= 0.6 is 11.3 Å². The molecule has 0 unspecified atom stereocenters. The summed E-state index contributed by atoms with van der Waals surface area (Å²) in [6.45, 7) is 2.28. The van der Waals surface area contributed by atoms with E-state index >= 15 is 0 Å². The van der Waals surface area contributed by atoms with Gasteiger partial charge in [-0.2, -0.15) is 0 Å². The molecule has 1 aromatic heterocycles. The van der Waals surface area contributed by atoms with E-state index in [1.165, 1.54) is 11.3 Å². The van der Waals surface area contributed by atoms with Crippen LogP contribution in [0.5, 0.6) is 0 Å². The summed E-state index contributed by atoms with van der Waals surface area (Å²) in [6, 6.07) is 6.37. The van der Waals surface area contributed by atoms with Crippen molar-refractivity contribution in [1.29, 1.82) is 0 Å². The summed E-state index contributed by atoms with van der Waals surface area (Å²) >= 11 is 1.50. The first-order valence-corrected chi connectivity index (χ1v) is 7.17. The molecule has 0 bridgehead atoms. The van der Waals surface area contributed by atoms with Gasteiger partial charge in [-0.05, 0) is 24.6 Å². The number of nitrogens with one attached hydrogen (secondary N) is 2. The second-order valence-corrected chi connectivity index (χ2v) is 5.40. The van der Waals surface area contributed by atoms with Crippen molar-refractivity contribution < 1.29 is 14.7 Å². The Kier molecular flexibility index (Phi) is 4.89. The number of carbonyl (C=O) groups is 2. The predicted octanol–water partition coefficient (Wildman–Crippen LogP) is 2.40. The Morgan fingerprint density at radius 3 is 2.57 bits per heavy atom. The molecule has 0 aliphatic carbocycles. The third kappa shape index (κ3) is 4.88. The van der Waals surface area contributed by atoms with E-state index in [1.54, 1.807) is 24.3 Å². The molecule has 0 saturated heterocycles.